The summed E-state index contributed by atoms with van der Waals surface area (Å²) in [5.74, 6) is 1.85. The predicted octanol–water partition coefficient (Wildman–Crippen LogP) is 4.19. The van der Waals surface area contributed by atoms with Crippen LogP contribution in [0.15, 0.2) is 48.7 Å². The van der Waals surface area contributed by atoms with Crippen molar-refractivity contribution in [1.29, 1.82) is 0 Å². The van der Waals surface area contributed by atoms with Crippen LogP contribution in [0.5, 0.6) is 5.75 Å². The number of likely N-dealkylation sites (tertiary alicyclic amines) is 1. The van der Waals surface area contributed by atoms with Crippen LogP contribution in [0.2, 0.25) is 0 Å². The smallest absolute Gasteiger partial charge is 0.126 e. The highest BCUT2D eigenvalue weighted by Gasteiger charge is 2.10. The lowest BCUT2D eigenvalue weighted by atomic mass is 10.2. The Balaban J connectivity index is 0.00000208. The number of nitrogens with one attached hydrogen (secondary N) is 1. The van der Waals surface area contributed by atoms with Gasteiger partial charge in [-0.15, -0.1) is 0 Å². The Bertz CT molecular complexity index is 565. The molecule has 24 heavy (non-hydrogen) atoms. The molecule has 0 bridgehead atoms. The Kier molecular flexibility index (Phi) is 7.56. The van der Waals surface area contributed by atoms with E-state index < -0.39 is 0 Å². The zero-order chi connectivity index (χ0) is 15.7. The van der Waals surface area contributed by atoms with E-state index in [2.05, 4.69) is 27.3 Å². The quantitative estimate of drug-likeness (QED) is 0.738. The summed E-state index contributed by atoms with van der Waals surface area (Å²) in [6.07, 6.45) is 5.61. The molecule has 3 rings (SSSR count). The number of ether oxygens (including phenoxy) is 1. The number of aromatic nitrogens is 1. The van der Waals surface area contributed by atoms with Crippen LogP contribution in [0.4, 0.5) is 5.82 Å². The minimum absolute atomic E-state index is 0. The molecule has 1 aromatic heterocycles. The Morgan fingerprint density at radius 1 is 1.04 bits per heavy atom. The zero-order valence-electron chi connectivity index (χ0n) is 13.6. The van der Waals surface area contributed by atoms with Crippen LogP contribution >= 0.6 is 0 Å². The van der Waals surface area contributed by atoms with Crippen molar-refractivity contribution in [3.8, 4) is 5.75 Å². The van der Waals surface area contributed by atoms with Gasteiger partial charge in [0.1, 0.15) is 11.6 Å². The fourth-order valence-electron chi connectivity index (χ4n) is 2.85. The summed E-state index contributed by atoms with van der Waals surface area (Å²) in [7, 11) is 0. The van der Waals surface area contributed by atoms with Crippen LogP contribution in [-0.4, -0.2) is 36.1 Å². The molecule has 1 saturated heterocycles. The highest BCUT2D eigenvalue weighted by atomic mass is 16.5. The summed E-state index contributed by atoms with van der Waals surface area (Å²) in [5.41, 5.74) is 1.22. The molecule has 0 aliphatic carbocycles. The van der Waals surface area contributed by atoms with E-state index in [1.807, 2.05) is 30.3 Å². The molecule has 1 aliphatic rings. The second-order valence-electron chi connectivity index (χ2n) is 5.96. The molecule has 0 amide bonds. The number of nitrogens with zero attached hydrogens (tertiary/aromatic N) is 2. The molecule has 1 fully saturated rings. The Morgan fingerprint density at radius 3 is 2.54 bits per heavy atom. The van der Waals surface area contributed by atoms with E-state index in [-0.39, 0.29) is 7.43 Å². The molecular weight excluding hydrogens is 298 g/mol. The molecule has 0 saturated carbocycles. The lowest BCUT2D eigenvalue weighted by Crippen LogP contribution is -2.21. The van der Waals surface area contributed by atoms with E-state index >= 15 is 0 Å². The highest BCUT2D eigenvalue weighted by molar-refractivity contribution is 5.36. The van der Waals surface area contributed by atoms with E-state index in [0.717, 1.165) is 37.7 Å². The van der Waals surface area contributed by atoms with E-state index in [9.17, 15) is 0 Å². The van der Waals surface area contributed by atoms with Crippen LogP contribution in [0.3, 0.4) is 0 Å². The number of anilines is 1. The van der Waals surface area contributed by atoms with E-state index in [1.54, 1.807) is 6.20 Å². The van der Waals surface area contributed by atoms with Gasteiger partial charge in [-0.25, -0.2) is 4.98 Å². The first kappa shape index (κ1) is 18.3. The average molecular weight is 327 g/mol. The van der Waals surface area contributed by atoms with Crippen LogP contribution < -0.4 is 10.1 Å². The van der Waals surface area contributed by atoms with Crippen molar-refractivity contribution >= 4 is 5.82 Å². The first-order valence-electron chi connectivity index (χ1n) is 8.49. The summed E-state index contributed by atoms with van der Waals surface area (Å²) in [4.78, 5) is 6.78. The molecule has 1 N–H and O–H groups in total. The lowest BCUT2D eigenvalue weighted by molar-refractivity contribution is 0.263. The molecule has 1 aromatic carbocycles. The zero-order valence-corrected chi connectivity index (χ0v) is 13.6. The minimum atomic E-state index is 0. The second-order valence-corrected chi connectivity index (χ2v) is 5.96. The van der Waals surface area contributed by atoms with Gasteiger partial charge in [0.25, 0.3) is 0 Å². The van der Waals surface area contributed by atoms with Crippen LogP contribution in [0.1, 0.15) is 32.3 Å². The molecule has 130 valence electrons. The van der Waals surface area contributed by atoms with Crippen LogP contribution in [0.25, 0.3) is 0 Å². The standard InChI is InChI=1S/C19H25N3O.CH4/c1-2-11-20-19(6-1)21-16-17-7-9-18(10-8-17)23-15-5-14-22-12-3-4-13-22;/h1-2,6-11H,3-5,12-16H2,(H,20,21);1H4. The molecule has 4 nitrogen and oxygen atoms in total. The van der Waals surface area contributed by atoms with Crippen molar-refractivity contribution in [3.05, 3.63) is 54.2 Å². The second kappa shape index (κ2) is 9.93. The predicted molar refractivity (Wildman–Crippen MR) is 101 cm³/mol. The number of rotatable bonds is 8. The molecule has 0 atom stereocenters. The van der Waals surface area contributed by atoms with Crippen molar-refractivity contribution in [2.45, 2.75) is 33.2 Å². The topological polar surface area (TPSA) is 37.4 Å². The first-order valence-corrected chi connectivity index (χ1v) is 8.49. The molecule has 0 radical (unpaired) electrons. The lowest BCUT2D eigenvalue weighted by Gasteiger charge is -2.14. The van der Waals surface area contributed by atoms with Crippen molar-refractivity contribution in [1.82, 2.24) is 9.88 Å². The first-order chi connectivity index (χ1) is 11.4. The summed E-state index contributed by atoms with van der Waals surface area (Å²) in [6.45, 7) is 5.25. The molecule has 0 unspecified atom stereocenters. The Labute approximate surface area is 145 Å². The van der Waals surface area contributed by atoms with Gasteiger partial charge in [0, 0.05) is 19.3 Å². The number of benzene rings is 1. The molecule has 1 aliphatic heterocycles. The highest BCUT2D eigenvalue weighted by Crippen LogP contribution is 2.14. The van der Waals surface area contributed by atoms with Gasteiger partial charge in [-0.1, -0.05) is 25.6 Å². The maximum atomic E-state index is 5.82. The average Bonchev–Trinajstić information content (AvgIpc) is 3.12. The summed E-state index contributed by atoms with van der Waals surface area (Å²) < 4.78 is 5.82. The van der Waals surface area contributed by atoms with Gasteiger partial charge >= 0.3 is 0 Å². The maximum Gasteiger partial charge on any atom is 0.126 e. The molecule has 4 heteroatoms. The van der Waals surface area contributed by atoms with Gasteiger partial charge in [0.05, 0.1) is 6.61 Å². The van der Waals surface area contributed by atoms with Crippen molar-refractivity contribution in [2.75, 3.05) is 31.6 Å². The van der Waals surface area contributed by atoms with Crippen molar-refractivity contribution in [2.24, 2.45) is 0 Å². The number of hydrogen-bond acceptors (Lipinski definition) is 4. The molecule has 2 aromatic rings. The fourth-order valence-corrected chi connectivity index (χ4v) is 2.85. The fraction of sp³-hybridized carbons (Fsp3) is 0.450. The molecular formula is C20H29N3O. The third-order valence-electron chi connectivity index (χ3n) is 4.15. The van der Waals surface area contributed by atoms with E-state index in [0.29, 0.717) is 0 Å². The van der Waals surface area contributed by atoms with Gasteiger partial charge in [0.15, 0.2) is 0 Å². The van der Waals surface area contributed by atoms with Gasteiger partial charge in [-0.05, 0) is 62.2 Å². The Morgan fingerprint density at radius 2 is 1.83 bits per heavy atom. The third-order valence-corrected chi connectivity index (χ3v) is 4.15. The monoisotopic (exact) mass is 327 g/mol. The van der Waals surface area contributed by atoms with Crippen molar-refractivity contribution in [3.63, 3.8) is 0 Å². The summed E-state index contributed by atoms with van der Waals surface area (Å²) in [6, 6.07) is 14.2. The number of hydrogen-bond donors (Lipinski definition) is 1. The van der Waals surface area contributed by atoms with Gasteiger partial charge in [-0.3, -0.25) is 0 Å². The normalized spacial score (nSPS) is 14.2. The van der Waals surface area contributed by atoms with E-state index in [1.165, 1.54) is 31.5 Å². The van der Waals surface area contributed by atoms with Crippen molar-refractivity contribution < 1.29 is 4.74 Å². The SMILES string of the molecule is C.c1ccc(NCc2ccc(OCCCN3CCCC3)cc2)nc1. The van der Waals surface area contributed by atoms with Gasteiger partial charge in [-0.2, -0.15) is 0 Å². The summed E-state index contributed by atoms with van der Waals surface area (Å²) >= 11 is 0. The number of pyridine rings is 1. The minimum Gasteiger partial charge on any atom is -0.494 e. The Hall–Kier alpha value is -2.07. The van der Waals surface area contributed by atoms with Gasteiger partial charge in [0.2, 0.25) is 0 Å². The van der Waals surface area contributed by atoms with Crippen LogP contribution in [-0.2, 0) is 6.54 Å². The summed E-state index contributed by atoms with van der Waals surface area (Å²) in [5, 5.41) is 3.31. The largest absolute Gasteiger partial charge is 0.494 e. The maximum absolute atomic E-state index is 5.82. The molecule has 0 spiro atoms. The van der Waals surface area contributed by atoms with Crippen LogP contribution in [0, 0.1) is 0 Å². The van der Waals surface area contributed by atoms with Gasteiger partial charge < -0.3 is 15.0 Å². The third kappa shape index (κ3) is 5.85. The molecule has 2 heterocycles. The van der Waals surface area contributed by atoms with E-state index in [4.69, 9.17) is 4.74 Å².